The highest BCUT2D eigenvalue weighted by Crippen LogP contribution is 2.28. The van der Waals surface area contributed by atoms with Gasteiger partial charge in [0.05, 0.1) is 0 Å². The van der Waals surface area contributed by atoms with E-state index in [1.54, 1.807) is 0 Å². The van der Waals surface area contributed by atoms with Crippen molar-refractivity contribution in [2.24, 2.45) is 17.1 Å². The van der Waals surface area contributed by atoms with Gasteiger partial charge in [-0.3, -0.25) is 0 Å². The number of hydrogen-bond donors (Lipinski definition) is 2. The summed E-state index contributed by atoms with van der Waals surface area (Å²) in [4.78, 5) is 0. The fourth-order valence-electron chi connectivity index (χ4n) is 2.05. The van der Waals surface area contributed by atoms with Gasteiger partial charge < -0.3 is 15.8 Å². The van der Waals surface area contributed by atoms with Crippen LogP contribution in [0.2, 0.25) is 0 Å². The molecule has 1 aliphatic rings. The second-order valence-corrected chi connectivity index (χ2v) is 5.46. The quantitative estimate of drug-likeness (QED) is 0.546. The SMILES string of the molecule is CCC(CC)(CN)CNCCCOCC1CC1. The Bertz CT molecular complexity index is 180. The highest BCUT2D eigenvalue weighted by molar-refractivity contribution is 4.79. The lowest BCUT2D eigenvalue weighted by molar-refractivity contribution is 0.121. The van der Waals surface area contributed by atoms with Gasteiger partial charge in [0.25, 0.3) is 0 Å². The lowest BCUT2D eigenvalue weighted by Crippen LogP contribution is -2.40. The molecule has 0 spiro atoms. The van der Waals surface area contributed by atoms with Crippen molar-refractivity contribution in [3.8, 4) is 0 Å². The van der Waals surface area contributed by atoms with Crippen LogP contribution in [0.1, 0.15) is 46.0 Å². The molecule has 0 radical (unpaired) electrons. The maximum absolute atomic E-state index is 5.87. The molecule has 0 atom stereocenters. The van der Waals surface area contributed by atoms with Crippen LogP contribution in [0.4, 0.5) is 0 Å². The summed E-state index contributed by atoms with van der Waals surface area (Å²) in [6.07, 6.45) is 6.19. The van der Waals surface area contributed by atoms with E-state index in [2.05, 4.69) is 19.2 Å². The summed E-state index contributed by atoms with van der Waals surface area (Å²) >= 11 is 0. The molecule has 17 heavy (non-hydrogen) atoms. The Balaban J connectivity index is 1.93. The van der Waals surface area contributed by atoms with E-state index in [0.29, 0.717) is 5.41 Å². The van der Waals surface area contributed by atoms with Crippen LogP contribution in [-0.4, -0.2) is 32.8 Å². The molecule has 0 heterocycles. The van der Waals surface area contributed by atoms with Crippen molar-refractivity contribution in [1.82, 2.24) is 5.32 Å². The monoisotopic (exact) mass is 242 g/mol. The molecule has 3 N–H and O–H groups in total. The molecule has 102 valence electrons. The van der Waals surface area contributed by atoms with Gasteiger partial charge in [-0.2, -0.15) is 0 Å². The highest BCUT2D eigenvalue weighted by Gasteiger charge is 2.23. The zero-order valence-electron chi connectivity index (χ0n) is 11.6. The molecule has 0 unspecified atom stereocenters. The third-order valence-corrected chi connectivity index (χ3v) is 4.13. The largest absolute Gasteiger partial charge is 0.381 e. The Hall–Kier alpha value is -0.120. The molecule has 0 amide bonds. The van der Waals surface area contributed by atoms with Crippen LogP contribution < -0.4 is 11.1 Å². The topological polar surface area (TPSA) is 47.3 Å². The molecule has 0 aromatic rings. The minimum atomic E-state index is 0.300. The van der Waals surface area contributed by atoms with Crippen molar-refractivity contribution in [1.29, 1.82) is 0 Å². The second kappa shape index (κ2) is 8.06. The van der Waals surface area contributed by atoms with Crippen molar-refractivity contribution in [2.75, 3.05) is 32.8 Å². The minimum absolute atomic E-state index is 0.300. The summed E-state index contributed by atoms with van der Waals surface area (Å²) in [5.41, 5.74) is 6.17. The van der Waals surface area contributed by atoms with Gasteiger partial charge in [0.2, 0.25) is 0 Å². The van der Waals surface area contributed by atoms with Crippen LogP contribution in [0.3, 0.4) is 0 Å². The van der Waals surface area contributed by atoms with Crippen LogP contribution in [0.5, 0.6) is 0 Å². The van der Waals surface area contributed by atoms with Gasteiger partial charge in [0, 0.05) is 19.8 Å². The van der Waals surface area contributed by atoms with E-state index in [9.17, 15) is 0 Å². The zero-order valence-corrected chi connectivity index (χ0v) is 11.6. The molecule has 0 aliphatic heterocycles. The summed E-state index contributed by atoms with van der Waals surface area (Å²) in [7, 11) is 0. The van der Waals surface area contributed by atoms with Crippen molar-refractivity contribution in [3.05, 3.63) is 0 Å². The first kappa shape index (κ1) is 14.9. The number of ether oxygens (including phenoxy) is 1. The second-order valence-electron chi connectivity index (χ2n) is 5.46. The van der Waals surface area contributed by atoms with E-state index in [-0.39, 0.29) is 0 Å². The summed E-state index contributed by atoms with van der Waals surface area (Å²) < 4.78 is 5.60. The lowest BCUT2D eigenvalue weighted by Gasteiger charge is -2.30. The number of hydrogen-bond acceptors (Lipinski definition) is 3. The molecule has 3 nitrogen and oxygen atoms in total. The molecule has 0 saturated heterocycles. The fraction of sp³-hybridized carbons (Fsp3) is 1.00. The van der Waals surface area contributed by atoms with E-state index in [0.717, 1.165) is 58.0 Å². The average Bonchev–Trinajstić information content (AvgIpc) is 3.18. The van der Waals surface area contributed by atoms with Crippen LogP contribution in [-0.2, 0) is 4.74 Å². The predicted octanol–water partition coefficient (Wildman–Crippen LogP) is 2.16. The van der Waals surface area contributed by atoms with Crippen LogP contribution in [0, 0.1) is 11.3 Å². The first-order chi connectivity index (χ1) is 8.26. The molecule has 1 saturated carbocycles. The van der Waals surface area contributed by atoms with Crippen LogP contribution in [0.25, 0.3) is 0 Å². The van der Waals surface area contributed by atoms with Gasteiger partial charge >= 0.3 is 0 Å². The van der Waals surface area contributed by atoms with E-state index in [4.69, 9.17) is 10.5 Å². The van der Waals surface area contributed by atoms with Gasteiger partial charge in [-0.05, 0) is 56.5 Å². The van der Waals surface area contributed by atoms with Crippen molar-refractivity contribution in [2.45, 2.75) is 46.0 Å². The van der Waals surface area contributed by atoms with E-state index in [1.165, 1.54) is 12.8 Å². The van der Waals surface area contributed by atoms with Crippen molar-refractivity contribution >= 4 is 0 Å². The summed E-state index contributed by atoms with van der Waals surface area (Å²) in [5, 5.41) is 3.52. The first-order valence-corrected chi connectivity index (χ1v) is 7.25. The molecule has 0 aromatic carbocycles. The van der Waals surface area contributed by atoms with E-state index >= 15 is 0 Å². The fourth-order valence-corrected chi connectivity index (χ4v) is 2.05. The smallest absolute Gasteiger partial charge is 0.0494 e. The van der Waals surface area contributed by atoms with Gasteiger partial charge in [0.15, 0.2) is 0 Å². The summed E-state index contributed by atoms with van der Waals surface area (Å²) in [6, 6.07) is 0. The average molecular weight is 242 g/mol. The normalized spacial score (nSPS) is 16.4. The van der Waals surface area contributed by atoms with Gasteiger partial charge in [-0.25, -0.2) is 0 Å². The molecule has 0 aromatic heterocycles. The van der Waals surface area contributed by atoms with Crippen LogP contribution >= 0.6 is 0 Å². The summed E-state index contributed by atoms with van der Waals surface area (Å²) in [5.74, 6) is 0.882. The molecular formula is C14H30N2O. The van der Waals surface area contributed by atoms with Gasteiger partial charge in [0.1, 0.15) is 0 Å². The molecular weight excluding hydrogens is 212 g/mol. The number of nitrogens with one attached hydrogen (secondary N) is 1. The van der Waals surface area contributed by atoms with E-state index in [1.807, 2.05) is 0 Å². The van der Waals surface area contributed by atoms with Gasteiger partial charge in [-0.15, -0.1) is 0 Å². The van der Waals surface area contributed by atoms with Crippen LogP contribution in [0.15, 0.2) is 0 Å². The van der Waals surface area contributed by atoms with Crippen molar-refractivity contribution in [3.63, 3.8) is 0 Å². The zero-order chi connectivity index (χ0) is 12.6. The Labute approximate surface area is 106 Å². The van der Waals surface area contributed by atoms with Gasteiger partial charge in [-0.1, -0.05) is 13.8 Å². The standard InChI is InChI=1S/C14H30N2O/c1-3-14(4-2,11-15)12-16-8-5-9-17-10-13-6-7-13/h13,16H,3-12,15H2,1-2H3. The minimum Gasteiger partial charge on any atom is -0.381 e. The Morgan fingerprint density at radius 2 is 2.00 bits per heavy atom. The maximum Gasteiger partial charge on any atom is 0.0494 e. The number of nitrogens with two attached hydrogens (primary N) is 1. The first-order valence-electron chi connectivity index (χ1n) is 7.25. The number of rotatable bonds is 11. The molecule has 0 bridgehead atoms. The molecule has 3 heteroatoms. The molecule has 1 aliphatic carbocycles. The predicted molar refractivity (Wildman–Crippen MR) is 73.1 cm³/mol. The van der Waals surface area contributed by atoms with Crippen molar-refractivity contribution < 1.29 is 4.74 Å². The Morgan fingerprint density at radius 1 is 1.29 bits per heavy atom. The Morgan fingerprint density at radius 3 is 2.53 bits per heavy atom. The Kier molecular flexibility index (Phi) is 7.09. The summed E-state index contributed by atoms with van der Waals surface area (Å²) in [6.45, 7) is 9.22. The third-order valence-electron chi connectivity index (χ3n) is 4.13. The lowest BCUT2D eigenvalue weighted by atomic mass is 9.82. The maximum atomic E-state index is 5.87. The van der Waals surface area contributed by atoms with E-state index < -0.39 is 0 Å². The molecule has 1 rings (SSSR count). The highest BCUT2D eigenvalue weighted by atomic mass is 16.5. The third kappa shape index (κ3) is 5.84. The molecule has 1 fully saturated rings.